The smallest absolute Gasteiger partial charge is 0.120 e. The van der Waals surface area contributed by atoms with Crippen molar-refractivity contribution in [1.82, 2.24) is 4.98 Å². The molecular weight excluding hydrogens is 236 g/mol. The zero-order valence-corrected chi connectivity index (χ0v) is 10.9. The van der Waals surface area contributed by atoms with Crippen LogP contribution in [0, 0.1) is 0 Å². The highest BCUT2D eigenvalue weighted by Crippen LogP contribution is 2.31. The van der Waals surface area contributed by atoms with Gasteiger partial charge >= 0.3 is 0 Å². The molecule has 3 nitrogen and oxygen atoms in total. The molecule has 1 unspecified atom stereocenters. The number of pyridine rings is 1. The van der Waals surface area contributed by atoms with E-state index in [0.29, 0.717) is 6.61 Å². The predicted octanol–water partition coefficient (Wildman–Crippen LogP) is 3.00. The Morgan fingerprint density at radius 3 is 2.89 bits per heavy atom. The lowest BCUT2D eigenvalue weighted by atomic mass is 9.88. The predicted molar refractivity (Wildman–Crippen MR) is 74.9 cm³/mol. The highest BCUT2D eigenvalue weighted by Gasteiger charge is 2.17. The first kappa shape index (κ1) is 12.2. The van der Waals surface area contributed by atoms with Crippen molar-refractivity contribution in [3.63, 3.8) is 0 Å². The molecule has 2 N–H and O–H groups in total. The van der Waals surface area contributed by atoms with Gasteiger partial charge in [-0.1, -0.05) is 6.07 Å². The van der Waals surface area contributed by atoms with Gasteiger partial charge < -0.3 is 10.5 Å². The summed E-state index contributed by atoms with van der Waals surface area (Å²) in [5.41, 5.74) is 9.90. The molecule has 3 heteroatoms. The lowest BCUT2D eigenvalue weighted by molar-refractivity contribution is 0.305. The maximum atomic E-state index is 6.16. The molecule has 3 rings (SSSR count). The monoisotopic (exact) mass is 254 g/mol. The normalized spacial score (nSPS) is 17.8. The van der Waals surface area contributed by atoms with E-state index in [1.54, 1.807) is 12.4 Å². The van der Waals surface area contributed by atoms with E-state index in [1.165, 1.54) is 17.5 Å². The van der Waals surface area contributed by atoms with Gasteiger partial charge in [-0.05, 0) is 60.2 Å². The topological polar surface area (TPSA) is 48.1 Å². The van der Waals surface area contributed by atoms with Crippen LogP contribution in [0.3, 0.4) is 0 Å². The number of nitrogens with zero attached hydrogens (tertiary/aromatic N) is 1. The fourth-order valence-electron chi connectivity index (χ4n) is 2.55. The molecule has 0 aliphatic heterocycles. The summed E-state index contributed by atoms with van der Waals surface area (Å²) in [7, 11) is 0. The third kappa shape index (κ3) is 2.76. The fourth-order valence-corrected chi connectivity index (χ4v) is 2.55. The molecule has 1 aliphatic carbocycles. The van der Waals surface area contributed by atoms with E-state index in [-0.39, 0.29) is 6.04 Å². The van der Waals surface area contributed by atoms with Gasteiger partial charge in [0.2, 0.25) is 0 Å². The van der Waals surface area contributed by atoms with Gasteiger partial charge in [-0.3, -0.25) is 4.98 Å². The van der Waals surface area contributed by atoms with Crippen LogP contribution in [0.4, 0.5) is 0 Å². The number of benzene rings is 1. The summed E-state index contributed by atoms with van der Waals surface area (Å²) in [5, 5.41) is 0. The van der Waals surface area contributed by atoms with E-state index in [9.17, 15) is 0 Å². The van der Waals surface area contributed by atoms with Crippen molar-refractivity contribution < 1.29 is 4.74 Å². The van der Waals surface area contributed by atoms with Crippen molar-refractivity contribution in [2.24, 2.45) is 5.73 Å². The average Bonchev–Trinajstić information content (AvgIpc) is 2.47. The molecule has 98 valence electrons. The number of ether oxygens (including phenoxy) is 1. The molecule has 1 aromatic heterocycles. The number of nitrogens with two attached hydrogens (primary N) is 1. The third-order valence-corrected chi connectivity index (χ3v) is 3.63. The van der Waals surface area contributed by atoms with Gasteiger partial charge in [0, 0.05) is 18.4 Å². The Hall–Kier alpha value is -1.87. The molecule has 0 saturated carbocycles. The fraction of sp³-hybridized carbons (Fsp3) is 0.312. The van der Waals surface area contributed by atoms with Crippen LogP contribution in [-0.2, 0) is 13.0 Å². The molecule has 19 heavy (non-hydrogen) atoms. The first-order valence-electron chi connectivity index (χ1n) is 6.73. The minimum Gasteiger partial charge on any atom is -0.489 e. The van der Waals surface area contributed by atoms with Crippen molar-refractivity contribution in [3.8, 4) is 5.75 Å². The van der Waals surface area contributed by atoms with Crippen molar-refractivity contribution in [2.75, 3.05) is 0 Å². The summed E-state index contributed by atoms with van der Waals surface area (Å²) < 4.78 is 5.82. The van der Waals surface area contributed by atoms with Crippen LogP contribution >= 0.6 is 0 Å². The number of aryl methyl sites for hydroxylation is 1. The van der Waals surface area contributed by atoms with E-state index >= 15 is 0 Å². The molecule has 1 atom stereocenters. The van der Waals surface area contributed by atoms with Gasteiger partial charge in [0.05, 0.1) is 0 Å². The van der Waals surface area contributed by atoms with Gasteiger partial charge in [0.1, 0.15) is 12.4 Å². The zero-order chi connectivity index (χ0) is 13.1. The van der Waals surface area contributed by atoms with E-state index in [1.807, 2.05) is 18.2 Å². The standard InChI is InChI=1S/C16H18N2O/c17-16-3-1-2-13-4-5-14(10-15(13)16)19-11-12-6-8-18-9-7-12/h4-10,16H,1-3,11,17H2. The van der Waals surface area contributed by atoms with Crippen LogP contribution in [0.25, 0.3) is 0 Å². The second-order valence-corrected chi connectivity index (χ2v) is 5.00. The summed E-state index contributed by atoms with van der Waals surface area (Å²) in [4.78, 5) is 4.00. The summed E-state index contributed by atoms with van der Waals surface area (Å²) in [6.07, 6.45) is 6.95. The molecule has 1 aliphatic rings. The van der Waals surface area contributed by atoms with E-state index in [0.717, 1.165) is 24.2 Å². The molecule has 1 heterocycles. The number of rotatable bonds is 3. The van der Waals surface area contributed by atoms with Gasteiger partial charge in [0.15, 0.2) is 0 Å². The van der Waals surface area contributed by atoms with Crippen molar-refractivity contribution in [2.45, 2.75) is 31.9 Å². The lowest BCUT2D eigenvalue weighted by Gasteiger charge is -2.22. The Labute approximate surface area is 113 Å². The number of aromatic nitrogens is 1. The minimum atomic E-state index is 0.160. The first-order chi connectivity index (χ1) is 9.33. The van der Waals surface area contributed by atoms with E-state index < -0.39 is 0 Å². The molecular formula is C16H18N2O. The van der Waals surface area contributed by atoms with Crippen LogP contribution in [0.1, 0.15) is 35.6 Å². The number of hydrogen-bond acceptors (Lipinski definition) is 3. The molecule has 0 fully saturated rings. The van der Waals surface area contributed by atoms with Crippen molar-refractivity contribution in [3.05, 3.63) is 59.4 Å². The Morgan fingerprint density at radius 2 is 2.05 bits per heavy atom. The van der Waals surface area contributed by atoms with Crippen LogP contribution in [0.5, 0.6) is 5.75 Å². The maximum Gasteiger partial charge on any atom is 0.120 e. The SMILES string of the molecule is NC1CCCc2ccc(OCc3ccncc3)cc21. The lowest BCUT2D eigenvalue weighted by Crippen LogP contribution is -2.17. The zero-order valence-electron chi connectivity index (χ0n) is 10.9. The average molecular weight is 254 g/mol. The third-order valence-electron chi connectivity index (χ3n) is 3.63. The largest absolute Gasteiger partial charge is 0.489 e. The summed E-state index contributed by atoms with van der Waals surface area (Å²) >= 11 is 0. The molecule has 0 spiro atoms. The molecule has 1 aromatic carbocycles. The Kier molecular flexibility index (Phi) is 3.47. The molecule has 0 saturated heterocycles. The second-order valence-electron chi connectivity index (χ2n) is 5.00. The Balaban J connectivity index is 1.74. The Morgan fingerprint density at radius 1 is 1.21 bits per heavy atom. The summed E-state index contributed by atoms with van der Waals surface area (Å²) in [6, 6.07) is 10.4. The molecule has 2 aromatic rings. The van der Waals surface area contributed by atoms with Crippen LogP contribution in [-0.4, -0.2) is 4.98 Å². The molecule has 0 amide bonds. The second kappa shape index (κ2) is 5.41. The Bertz CT molecular complexity index is 554. The highest BCUT2D eigenvalue weighted by atomic mass is 16.5. The molecule has 0 bridgehead atoms. The minimum absolute atomic E-state index is 0.160. The van der Waals surface area contributed by atoms with E-state index in [4.69, 9.17) is 10.5 Å². The van der Waals surface area contributed by atoms with Gasteiger partial charge in [-0.15, -0.1) is 0 Å². The van der Waals surface area contributed by atoms with Crippen molar-refractivity contribution >= 4 is 0 Å². The van der Waals surface area contributed by atoms with Crippen LogP contribution in [0.2, 0.25) is 0 Å². The van der Waals surface area contributed by atoms with Crippen LogP contribution in [0.15, 0.2) is 42.7 Å². The highest BCUT2D eigenvalue weighted by molar-refractivity contribution is 5.39. The number of fused-ring (bicyclic) bond motifs is 1. The van der Waals surface area contributed by atoms with Crippen LogP contribution < -0.4 is 10.5 Å². The van der Waals surface area contributed by atoms with Gasteiger partial charge in [-0.2, -0.15) is 0 Å². The quantitative estimate of drug-likeness (QED) is 0.916. The number of hydrogen-bond donors (Lipinski definition) is 1. The summed E-state index contributed by atoms with van der Waals surface area (Å²) in [6.45, 7) is 0.566. The van der Waals surface area contributed by atoms with Crippen molar-refractivity contribution in [1.29, 1.82) is 0 Å². The first-order valence-corrected chi connectivity index (χ1v) is 6.73. The van der Waals surface area contributed by atoms with Gasteiger partial charge in [-0.25, -0.2) is 0 Å². The summed E-state index contributed by atoms with van der Waals surface area (Å²) in [5.74, 6) is 0.896. The van der Waals surface area contributed by atoms with E-state index in [2.05, 4.69) is 17.1 Å². The maximum absolute atomic E-state index is 6.16. The van der Waals surface area contributed by atoms with Gasteiger partial charge in [0.25, 0.3) is 0 Å². The molecule has 0 radical (unpaired) electrons.